The van der Waals surface area contributed by atoms with Gasteiger partial charge in [0.25, 0.3) is 0 Å². The van der Waals surface area contributed by atoms with Gasteiger partial charge in [0, 0.05) is 18.7 Å². The highest BCUT2D eigenvalue weighted by Crippen LogP contribution is 2.36. The highest BCUT2D eigenvalue weighted by atomic mass is 35.5. The van der Waals surface area contributed by atoms with E-state index in [2.05, 4.69) is 32.7 Å². The van der Waals surface area contributed by atoms with Crippen LogP contribution in [0.1, 0.15) is 13.3 Å². The molecule has 7 nitrogen and oxygen atoms in total. The molecule has 0 aliphatic heterocycles. The largest absolute Gasteiger partial charge is 0.495 e. The van der Waals surface area contributed by atoms with Gasteiger partial charge in [0.2, 0.25) is 5.95 Å². The van der Waals surface area contributed by atoms with Gasteiger partial charge in [-0.25, -0.2) is 0 Å². The summed E-state index contributed by atoms with van der Waals surface area (Å²) in [5.74, 6) is 2.09. The fourth-order valence-electron chi connectivity index (χ4n) is 1.77. The third-order valence-corrected chi connectivity index (χ3v) is 3.13. The summed E-state index contributed by atoms with van der Waals surface area (Å²) in [6.45, 7) is 2.89. The minimum absolute atomic E-state index is 0.351. The van der Waals surface area contributed by atoms with Crippen molar-refractivity contribution in [3.05, 3.63) is 23.4 Å². The van der Waals surface area contributed by atoms with Gasteiger partial charge in [-0.1, -0.05) is 18.5 Å². The lowest BCUT2D eigenvalue weighted by molar-refractivity contribution is 0.405. The highest BCUT2D eigenvalue weighted by molar-refractivity contribution is 6.32. The smallest absolute Gasteiger partial charge is 0.249 e. The van der Waals surface area contributed by atoms with E-state index in [9.17, 15) is 0 Å². The number of hydrogen-bond acceptors (Lipinski definition) is 7. The number of methoxy groups -OCH3 is 2. The Kier molecular flexibility index (Phi) is 5.60. The molecular formula is C14H18ClN5O2. The van der Waals surface area contributed by atoms with Crippen LogP contribution in [0.3, 0.4) is 0 Å². The number of halogens is 1. The van der Waals surface area contributed by atoms with E-state index in [-0.39, 0.29) is 0 Å². The first kappa shape index (κ1) is 16.1. The van der Waals surface area contributed by atoms with Crippen LogP contribution in [0.5, 0.6) is 11.5 Å². The molecule has 0 unspecified atom stereocenters. The Morgan fingerprint density at radius 1 is 1.18 bits per heavy atom. The first-order valence-corrected chi connectivity index (χ1v) is 7.17. The van der Waals surface area contributed by atoms with Gasteiger partial charge in [-0.2, -0.15) is 10.1 Å². The van der Waals surface area contributed by atoms with E-state index in [1.54, 1.807) is 32.5 Å². The third kappa shape index (κ3) is 3.88. The first-order chi connectivity index (χ1) is 10.7. The van der Waals surface area contributed by atoms with Crippen LogP contribution < -0.4 is 20.1 Å². The normalized spacial score (nSPS) is 10.2. The number of benzene rings is 1. The first-order valence-electron chi connectivity index (χ1n) is 6.80. The standard InChI is InChI=1S/C14H18ClN5O2/c1-4-5-16-13-8-17-20-14(19-13)18-10-7-11(21-2)9(15)6-12(10)22-3/h6-8H,4-5H2,1-3H3,(H2,16,18,19,20). The van der Waals surface area contributed by atoms with Crippen molar-refractivity contribution < 1.29 is 9.47 Å². The molecule has 0 atom stereocenters. The molecule has 0 aliphatic carbocycles. The Morgan fingerprint density at radius 3 is 2.64 bits per heavy atom. The number of hydrogen-bond donors (Lipinski definition) is 2. The molecule has 0 aliphatic rings. The molecule has 0 saturated carbocycles. The molecule has 2 N–H and O–H groups in total. The van der Waals surface area contributed by atoms with Crippen LogP contribution in [-0.4, -0.2) is 35.9 Å². The number of rotatable bonds is 7. The lowest BCUT2D eigenvalue weighted by atomic mass is 10.2. The summed E-state index contributed by atoms with van der Waals surface area (Å²) in [4.78, 5) is 4.33. The van der Waals surface area contributed by atoms with Crippen molar-refractivity contribution in [3.8, 4) is 11.5 Å². The SMILES string of the molecule is CCCNc1cnnc(Nc2cc(OC)c(Cl)cc2OC)n1. The quantitative estimate of drug-likeness (QED) is 0.810. The molecule has 2 aromatic rings. The van der Waals surface area contributed by atoms with Crippen molar-refractivity contribution in [1.29, 1.82) is 0 Å². The van der Waals surface area contributed by atoms with Crippen LogP contribution in [0.2, 0.25) is 5.02 Å². The summed E-state index contributed by atoms with van der Waals surface area (Å²) < 4.78 is 10.5. The van der Waals surface area contributed by atoms with E-state index in [1.807, 2.05) is 0 Å². The van der Waals surface area contributed by atoms with Gasteiger partial charge in [0.05, 0.1) is 31.1 Å². The fraction of sp³-hybridized carbons (Fsp3) is 0.357. The van der Waals surface area contributed by atoms with Gasteiger partial charge in [0.15, 0.2) is 5.82 Å². The molecule has 0 amide bonds. The average molecular weight is 324 g/mol. The zero-order chi connectivity index (χ0) is 15.9. The molecule has 0 fully saturated rings. The van der Waals surface area contributed by atoms with Crippen molar-refractivity contribution >= 4 is 29.1 Å². The van der Waals surface area contributed by atoms with E-state index in [4.69, 9.17) is 21.1 Å². The second-order valence-corrected chi connectivity index (χ2v) is 4.81. The Hall–Kier alpha value is -2.28. The Labute approximate surface area is 134 Å². The molecule has 118 valence electrons. The van der Waals surface area contributed by atoms with Crippen LogP contribution >= 0.6 is 11.6 Å². The molecule has 0 bridgehead atoms. The van der Waals surface area contributed by atoms with E-state index in [0.29, 0.717) is 34.0 Å². The number of aromatic nitrogens is 3. The zero-order valence-corrected chi connectivity index (χ0v) is 13.4. The Morgan fingerprint density at radius 2 is 1.95 bits per heavy atom. The maximum Gasteiger partial charge on any atom is 0.249 e. The lowest BCUT2D eigenvalue weighted by Crippen LogP contribution is -2.06. The summed E-state index contributed by atoms with van der Waals surface area (Å²) in [5, 5.41) is 14.5. The molecule has 8 heteroatoms. The molecule has 1 heterocycles. The van der Waals surface area contributed by atoms with Crippen LogP contribution in [0.4, 0.5) is 17.5 Å². The molecule has 0 radical (unpaired) electrons. The average Bonchev–Trinajstić information content (AvgIpc) is 2.54. The fourth-order valence-corrected chi connectivity index (χ4v) is 2.00. The van der Waals surface area contributed by atoms with Crippen molar-refractivity contribution in [3.63, 3.8) is 0 Å². The highest BCUT2D eigenvalue weighted by Gasteiger charge is 2.11. The number of anilines is 3. The van der Waals surface area contributed by atoms with Crippen molar-refractivity contribution in [2.75, 3.05) is 31.4 Å². The van der Waals surface area contributed by atoms with Crippen LogP contribution in [0, 0.1) is 0 Å². The summed E-state index contributed by atoms with van der Waals surface area (Å²) in [6, 6.07) is 3.38. The van der Waals surface area contributed by atoms with Gasteiger partial charge in [-0.15, -0.1) is 5.10 Å². The Bertz CT molecular complexity index is 639. The topological polar surface area (TPSA) is 81.2 Å². The number of ether oxygens (including phenoxy) is 2. The van der Waals surface area contributed by atoms with E-state index in [0.717, 1.165) is 13.0 Å². The van der Waals surface area contributed by atoms with Crippen LogP contribution in [-0.2, 0) is 0 Å². The van der Waals surface area contributed by atoms with Crippen LogP contribution in [0.25, 0.3) is 0 Å². The minimum Gasteiger partial charge on any atom is -0.495 e. The van der Waals surface area contributed by atoms with Gasteiger partial charge in [0.1, 0.15) is 11.5 Å². The summed E-state index contributed by atoms with van der Waals surface area (Å²) in [5.41, 5.74) is 0.637. The van der Waals surface area contributed by atoms with E-state index >= 15 is 0 Å². The predicted molar refractivity (Wildman–Crippen MR) is 86.4 cm³/mol. The van der Waals surface area contributed by atoms with Crippen molar-refractivity contribution in [1.82, 2.24) is 15.2 Å². The Balaban J connectivity index is 2.26. The van der Waals surface area contributed by atoms with E-state index in [1.165, 1.54) is 0 Å². The molecule has 22 heavy (non-hydrogen) atoms. The van der Waals surface area contributed by atoms with Gasteiger partial charge in [-0.05, 0) is 6.42 Å². The number of nitrogens with one attached hydrogen (secondary N) is 2. The summed E-state index contributed by atoms with van der Waals surface area (Å²) in [7, 11) is 3.10. The monoisotopic (exact) mass is 323 g/mol. The zero-order valence-electron chi connectivity index (χ0n) is 12.7. The molecule has 0 saturated heterocycles. The van der Waals surface area contributed by atoms with Gasteiger partial charge < -0.3 is 20.1 Å². The second-order valence-electron chi connectivity index (χ2n) is 4.40. The second kappa shape index (κ2) is 7.65. The predicted octanol–water partition coefficient (Wildman–Crippen LogP) is 3.11. The summed E-state index contributed by atoms with van der Waals surface area (Å²) >= 11 is 6.08. The third-order valence-electron chi connectivity index (χ3n) is 2.84. The maximum absolute atomic E-state index is 6.08. The minimum atomic E-state index is 0.351. The van der Waals surface area contributed by atoms with Gasteiger partial charge in [-0.3, -0.25) is 0 Å². The van der Waals surface area contributed by atoms with Crippen molar-refractivity contribution in [2.45, 2.75) is 13.3 Å². The molecular weight excluding hydrogens is 306 g/mol. The molecule has 0 spiro atoms. The molecule has 1 aromatic heterocycles. The lowest BCUT2D eigenvalue weighted by Gasteiger charge is -2.13. The molecule has 2 rings (SSSR count). The van der Waals surface area contributed by atoms with E-state index < -0.39 is 0 Å². The van der Waals surface area contributed by atoms with Crippen LogP contribution in [0.15, 0.2) is 18.3 Å². The maximum atomic E-state index is 6.08. The van der Waals surface area contributed by atoms with Crippen molar-refractivity contribution in [2.24, 2.45) is 0 Å². The summed E-state index contributed by atoms with van der Waals surface area (Å²) in [6.07, 6.45) is 2.56. The number of nitrogens with zero attached hydrogens (tertiary/aromatic N) is 3. The van der Waals surface area contributed by atoms with Gasteiger partial charge >= 0.3 is 0 Å². The molecule has 1 aromatic carbocycles.